The molecule has 0 aliphatic heterocycles. The van der Waals surface area contributed by atoms with Crippen molar-refractivity contribution in [1.29, 1.82) is 0 Å². The molecule has 1 N–H and O–H groups in total. The first-order valence-electron chi connectivity index (χ1n) is 6.93. The third-order valence-electron chi connectivity index (χ3n) is 3.88. The Morgan fingerprint density at radius 1 is 1.58 bits per heavy atom. The van der Waals surface area contributed by atoms with E-state index >= 15 is 0 Å². The summed E-state index contributed by atoms with van der Waals surface area (Å²) >= 11 is 5.27. The highest BCUT2D eigenvalue weighted by molar-refractivity contribution is 9.09. The largest absolute Gasteiger partial charge is 0.355 e. The topological polar surface area (TPSA) is 29.1 Å². The van der Waals surface area contributed by atoms with E-state index in [1.165, 1.54) is 10.4 Å². The number of halogens is 1. The van der Waals surface area contributed by atoms with Crippen molar-refractivity contribution in [3.05, 3.63) is 21.9 Å². The Labute approximate surface area is 128 Å². The molecule has 0 spiro atoms. The van der Waals surface area contributed by atoms with E-state index in [4.69, 9.17) is 0 Å². The molecule has 1 amide bonds. The second-order valence-corrected chi connectivity index (χ2v) is 7.86. The Balaban J connectivity index is 1.95. The lowest BCUT2D eigenvalue weighted by molar-refractivity contribution is -0.123. The van der Waals surface area contributed by atoms with E-state index in [1.807, 2.05) is 0 Å². The Bertz CT molecular complexity index is 441. The van der Waals surface area contributed by atoms with Crippen LogP contribution in [0, 0.1) is 5.41 Å². The fourth-order valence-electron chi connectivity index (χ4n) is 2.55. The van der Waals surface area contributed by atoms with Crippen LogP contribution in [0.25, 0.3) is 0 Å². The molecule has 4 heteroatoms. The zero-order chi connectivity index (χ0) is 13.9. The van der Waals surface area contributed by atoms with Crippen molar-refractivity contribution >= 4 is 33.2 Å². The van der Waals surface area contributed by atoms with E-state index < -0.39 is 0 Å². The SMILES string of the molecule is CC(C)(CCBr)CNC(=O)C1CCCc2sccc21. The van der Waals surface area contributed by atoms with Crippen molar-refractivity contribution in [2.75, 3.05) is 11.9 Å². The predicted octanol–water partition coefficient (Wildman–Crippen LogP) is 4.10. The van der Waals surface area contributed by atoms with Crippen LogP contribution in [0.2, 0.25) is 0 Å². The van der Waals surface area contributed by atoms with Crippen LogP contribution in [0.3, 0.4) is 0 Å². The Hall–Kier alpha value is -0.350. The molecular formula is C15H22BrNOS. The van der Waals surface area contributed by atoms with Gasteiger partial charge in [-0.2, -0.15) is 0 Å². The van der Waals surface area contributed by atoms with Gasteiger partial charge in [0.1, 0.15) is 0 Å². The third-order valence-corrected chi connectivity index (χ3v) is 5.27. The summed E-state index contributed by atoms with van der Waals surface area (Å²) < 4.78 is 0. The van der Waals surface area contributed by atoms with Crippen LogP contribution in [0.4, 0.5) is 0 Å². The average molecular weight is 344 g/mol. The minimum atomic E-state index is 0.0785. The average Bonchev–Trinajstić information content (AvgIpc) is 2.84. The van der Waals surface area contributed by atoms with Crippen LogP contribution < -0.4 is 5.32 Å². The molecule has 106 valence electrons. The molecule has 19 heavy (non-hydrogen) atoms. The van der Waals surface area contributed by atoms with Crippen molar-refractivity contribution in [3.63, 3.8) is 0 Å². The number of rotatable bonds is 5. The lowest BCUT2D eigenvalue weighted by atomic mass is 9.86. The normalized spacial score (nSPS) is 19.0. The van der Waals surface area contributed by atoms with Gasteiger partial charge in [0.25, 0.3) is 0 Å². The number of thiophene rings is 1. The van der Waals surface area contributed by atoms with E-state index in [0.717, 1.165) is 37.6 Å². The maximum Gasteiger partial charge on any atom is 0.227 e. The molecule has 1 aliphatic rings. The molecule has 0 saturated heterocycles. The zero-order valence-electron chi connectivity index (χ0n) is 11.7. The molecule has 2 nitrogen and oxygen atoms in total. The van der Waals surface area contributed by atoms with Gasteiger partial charge in [0.05, 0.1) is 5.92 Å². The Morgan fingerprint density at radius 3 is 3.11 bits per heavy atom. The molecule has 0 saturated carbocycles. The van der Waals surface area contributed by atoms with Crippen molar-refractivity contribution in [2.45, 2.75) is 45.4 Å². The maximum absolute atomic E-state index is 12.4. The van der Waals surface area contributed by atoms with Crippen LogP contribution >= 0.6 is 27.3 Å². The highest BCUT2D eigenvalue weighted by Crippen LogP contribution is 2.35. The summed E-state index contributed by atoms with van der Waals surface area (Å²) in [6, 6.07) is 2.13. The maximum atomic E-state index is 12.4. The van der Waals surface area contributed by atoms with Crippen molar-refractivity contribution < 1.29 is 4.79 Å². The number of fused-ring (bicyclic) bond motifs is 1. The number of alkyl halides is 1. The van der Waals surface area contributed by atoms with Gasteiger partial charge in [-0.1, -0.05) is 29.8 Å². The molecule has 1 aliphatic carbocycles. The molecule has 1 atom stereocenters. The van der Waals surface area contributed by atoms with Crippen molar-refractivity contribution in [1.82, 2.24) is 5.32 Å². The van der Waals surface area contributed by atoms with Crippen molar-refractivity contribution in [3.8, 4) is 0 Å². The van der Waals surface area contributed by atoms with E-state index in [-0.39, 0.29) is 17.2 Å². The fourth-order valence-corrected chi connectivity index (χ4v) is 4.61. The molecule has 2 rings (SSSR count). The second kappa shape index (κ2) is 6.40. The standard InChI is InChI=1S/C15H22BrNOS/c1-15(2,7-8-16)10-17-14(18)12-4-3-5-13-11(12)6-9-19-13/h6,9,12H,3-5,7-8,10H2,1-2H3,(H,17,18). The van der Waals surface area contributed by atoms with E-state index in [2.05, 4.69) is 46.5 Å². The summed E-state index contributed by atoms with van der Waals surface area (Å²) in [5.41, 5.74) is 1.43. The Morgan fingerprint density at radius 2 is 2.37 bits per heavy atom. The molecular weight excluding hydrogens is 322 g/mol. The van der Waals surface area contributed by atoms with E-state index in [0.29, 0.717) is 0 Å². The number of hydrogen-bond acceptors (Lipinski definition) is 2. The summed E-state index contributed by atoms with van der Waals surface area (Å²) in [5.74, 6) is 0.289. The monoisotopic (exact) mass is 343 g/mol. The quantitative estimate of drug-likeness (QED) is 0.801. The number of nitrogens with one attached hydrogen (secondary N) is 1. The highest BCUT2D eigenvalue weighted by atomic mass is 79.9. The van der Waals surface area contributed by atoms with Gasteiger partial charge in [0, 0.05) is 16.8 Å². The molecule has 0 aromatic carbocycles. The van der Waals surface area contributed by atoms with Gasteiger partial charge in [0.2, 0.25) is 5.91 Å². The minimum absolute atomic E-state index is 0.0785. The fraction of sp³-hybridized carbons (Fsp3) is 0.667. The molecule has 1 aromatic heterocycles. The molecule has 0 bridgehead atoms. The summed E-state index contributed by atoms with van der Waals surface area (Å²) in [6.45, 7) is 5.16. The molecule has 0 fully saturated rings. The highest BCUT2D eigenvalue weighted by Gasteiger charge is 2.28. The summed E-state index contributed by atoms with van der Waals surface area (Å²) in [4.78, 5) is 13.8. The lowest BCUT2D eigenvalue weighted by Gasteiger charge is -2.27. The Kier molecular flexibility index (Phi) is 5.07. The molecule has 1 aromatic rings. The van der Waals surface area contributed by atoms with Crippen LogP contribution in [-0.4, -0.2) is 17.8 Å². The molecule has 1 heterocycles. The minimum Gasteiger partial charge on any atom is -0.355 e. The number of hydrogen-bond donors (Lipinski definition) is 1. The first kappa shape index (κ1) is 15.0. The first-order valence-corrected chi connectivity index (χ1v) is 8.93. The van der Waals surface area contributed by atoms with Crippen molar-refractivity contribution in [2.24, 2.45) is 5.41 Å². The predicted molar refractivity (Wildman–Crippen MR) is 85.2 cm³/mol. The van der Waals surface area contributed by atoms with Gasteiger partial charge >= 0.3 is 0 Å². The van der Waals surface area contributed by atoms with Crippen LogP contribution in [0.5, 0.6) is 0 Å². The van der Waals surface area contributed by atoms with Gasteiger partial charge in [-0.25, -0.2) is 0 Å². The van der Waals surface area contributed by atoms with Gasteiger partial charge in [-0.15, -0.1) is 11.3 Å². The van der Waals surface area contributed by atoms with E-state index in [1.54, 1.807) is 11.3 Å². The third kappa shape index (κ3) is 3.82. The van der Waals surface area contributed by atoms with Crippen LogP contribution in [0.1, 0.15) is 49.5 Å². The zero-order valence-corrected chi connectivity index (χ0v) is 14.1. The van der Waals surface area contributed by atoms with Crippen LogP contribution in [0.15, 0.2) is 11.4 Å². The summed E-state index contributed by atoms with van der Waals surface area (Å²) in [5, 5.41) is 6.25. The summed E-state index contributed by atoms with van der Waals surface area (Å²) in [7, 11) is 0. The number of carbonyl (C=O) groups is 1. The number of aryl methyl sites for hydroxylation is 1. The van der Waals surface area contributed by atoms with Gasteiger partial charge in [0.15, 0.2) is 0 Å². The number of amides is 1. The number of carbonyl (C=O) groups excluding carboxylic acids is 1. The molecule has 1 unspecified atom stereocenters. The van der Waals surface area contributed by atoms with Crippen LogP contribution in [-0.2, 0) is 11.2 Å². The second-order valence-electron chi connectivity index (χ2n) is 6.06. The first-order chi connectivity index (χ1) is 9.03. The van der Waals surface area contributed by atoms with E-state index in [9.17, 15) is 4.79 Å². The van der Waals surface area contributed by atoms with Gasteiger partial charge in [-0.05, 0) is 48.1 Å². The molecule has 0 radical (unpaired) electrons. The van der Waals surface area contributed by atoms with Gasteiger partial charge < -0.3 is 5.32 Å². The summed E-state index contributed by atoms with van der Waals surface area (Å²) in [6.07, 6.45) is 4.35. The smallest absolute Gasteiger partial charge is 0.227 e. The lowest BCUT2D eigenvalue weighted by Crippen LogP contribution is -2.37. The van der Waals surface area contributed by atoms with Gasteiger partial charge in [-0.3, -0.25) is 4.79 Å².